The molecule has 1 N–H and O–H groups in total. The maximum Gasteiger partial charge on any atom is 0.341 e. The average molecular weight is 361 g/mol. The number of hydrogen-bond acceptors (Lipinski definition) is 6. The Hall–Kier alpha value is -2.38. The van der Waals surface area contributed by atoms with Gasteiger partial charge in [0, 0.05) is 17.6 Å². The minimum Gasteiger partial charge on any atom is -0.497 e. The molecule has 3 rings (SSSR count). The summed E-state index contributed by atoms with van der Waals surface area (Å²) < 4.78 is 15.5. The largest absolute Gasteiger partial charge is 0.497 e. The quantitative estimate of drug-likeness (QED) is 0.827. The van der Waals surface area contributed by atoms with Crippen molar-refractivity contribution in [1.29, 1.82) is 0 Å². The Bertz CT molecular complexity index is 762. The van der Waals surface area contributed by atoms with E-state index in [0.29, 0.717) is 29.2 Å². The van der Waals surface area contributed by atoms with Gasteiger partial charge >= 0.3 is 5.97 Å². The third kappa shape index (κ3) is 3.67. The zero-order valence-corrected chi connectivity index (χ0v) is 14.9. The molecule has 1 atom stereocenters. The van der Waals surface area contributed by atoms with Gasteiger partial charge in [0.1, 0.15) is 22.4 Å². The lowest BCUT2D eigenvalue weighted by atomic mass is 10.0. The normalized spacial score (nSPS) is 16.5. The number of carbonyl (C=O) groups excluding carboxylic acids is 2. The number of methoxy groups -OCH3 is 2. The Morgan fingerprint density at radius 2 is 2.00 bits per heavy atom. The van der Waals surface area contributed by atoms with E-state index in [1.807, 2.05) is 29.6 Å². The third-order valence-corrected chi connectivity index (χ3v) is 4.94. The van der Waals surface area contributed by atoms with Gasteiger partial charge in [-0.2, -0.15) is 0 Å². The zero-order valence-electron chi connectivity index (χ0n) is 14.0. The van der Waals surface area contributed by atoms with Crippen molar-refractivity contribution in [2.24, 2.45) is 0 Å². The molecule has 6 nitrogen and oxygen atoms in total. The molecule has 1 unspecified atom stereocenters. The van der Waals surface area contributed by atoms with E-state index in [1.165, 1.54) is 18.4 Å². The van der Waals surface area contributed by atoms with Crippen molar-refractivity contribution in [2.75, 3.05) is 26.1 Å². The van der Waals surface area contributed by atoms with E-state index in [4.69, 9.17) is 14.2 Å². The van der Waals surface area contributed by atoms with Gasteiger partial charge in [-0.15, -0.1) is 11.3 Å². The number of rotatable bonds is 5. The van der Waals surface area contributed by atoms with Gasteiger partial charge in [-0.25, -0.2) is 4.79 Å². The molecule has 1 aliphatic heterocycles. The van der Waals surface area contributed by atoms with E-state index >= 15 is 0 Å². The summed E-state index contributed by atoms with van der Waals surface area (Å²) in [6, 6.07) is 7.36. The van der Waals surface area contributed by atoms with Crippen molar-refractivity contribution in [2.45, 2.75) is 18.9 Å². The fourth-order valence-electron chi connectivity index (χ4n) is 2.71. The lowest BCUT2D eigenvalue weighted by molar-refractivity contribution is -0.124. The van der Waals surface area contributed by atoms with Gasteiger partial charge in [-0.05, 0) is 30.5 Å². The smallest absolute Gasteiger partial charge is 0.341 e. The first-order chi connectivity index (χ1) is 12.1. The van der Waals surface area contributed by atoms with Crippen molar-refractivity contribution in [3.63, 3.8) is 0 Å². The molecule has 0 spiro atoms. The summed E-state index contributed by atoms with van der Waals surface area (Å²) in [5, 5.41) is 5.11. The number of ether oxygens (including phenoxy) is 3. The lowest BCUT2D eigenvalue weighted by Crippen LogP contribution is -2.27. The maximum atomic E-state index is 12.3. The van der Waals surface area contributed by atoms with E-state index in [0.717, 1.165) is 17.7 Å². The summed E-state index contributed by atoms with van der Waals surface area (Å²) in [6.45, 7) is 0.587. The van der Waals surface area contributed by atoms with Crippen molar-refractivity contribution >= 4 is 28.2 Å². The van der Waals surface area contributed by atoms with Crippen LogP contribution in [0.3, 0.4) is 0 Å². The monoisotopic (exact) mass is 361 g/mol. The minimum absolute atomic E-state index is 0.231. The Morgan fingerprint density at radius 3 is 2.60 bits per heavy atom. The molecule has 2 heterocycles. The van der Waals surface area contributed by atoms with E-state index in [9.17, 15) is 9.59 Å². The second kappa shape index (κ2) is 7.67. The highest BCUT2D eigenvalue weighted by molar-refractivity contribution is 7.15. The zero-order chi connectivity index (χ0) is 17.8. The van der Waals surface area contributed by atoms with E-state index in [1.54, 1.807) is 7.11 Å². The molecule has 2 aromatic rings. The van der Waals surface area contributed by atoms with Crippen LogP contribution in [0.4, 0.5) is 5.00 Å². The summed E-state index contributed by atoms with van der Waals surface area (Å²) in [6.07, 6.45) is 1.09. The molecule has 25 heavy (non-hydrogen) atoms. The molecule has 1 amide bonds. The van der Waals surface area contributed by atoms with Gasteiger partial charge in [0.15, 0.2) is 0 Å². The molecule has 0 aliphatic carbocycles. The topological polar surface area (TPSA) is 73.9 Å². The fraction of sp³-hybridized carbons (Fsp3) is 0.333. The van der Waals surface area contributed by atoms with Gasteiger partial charge in [0.05, 0.1) is 14.2 Å². The van der Waals surface area contributed by atoms with Crippen molar-refractivity contribution in [1.82, 2.24) is 0 Å². The molecule has 1 fully saturated rings. The number of benzene rings is 1. The summed E-state index contributed by atoms with van der Waals surface area (Å²) >= 11 is 1.29. The van der Waals surface area contributed by atoms with Crippen molar-refractivity contribution in [3.05, 3.63) is 35.2 Å². The molecule has 1 aliphatic rings. The fourth-order valence-corrected chi connectivity index (χ4v) is 3.67. The molecule has 1 aromatic carbocycles. The third-order valence-electron chi connectivity index (χ3n) is 4.04. The first kappa shape index (κ1) is 17.4. The Balaban J connectivity index is 1.92. The van der Waals surface area contributed by atoms with Crippen LogP contribution < -0.4 is 10.1 Å². The van der Waals surface area contributed by atoms with E-state index < -0.39 is 12.1 Å². The van der Waals surface area contributed by atoms with Gasteiger partial charge in [-0.3, -0.25) is 4.79 Å². The van der Waals surface area contributed by atoms with E-state index in [-0.39, 0.29) is 5.91 Å². The Kier molecular flexibility index (Phi) is 5.35. The summed E-state index contributed by atoms with van der Waals surface area (Å²) in [5.41, 5.74) is 1.90. The number of amides is 1. The van der Waals surface area contributed by atoms with Crippen LogP contribution in [0, 0.1) is 0 Å². The number of nitrogens with one attached hydrogen (secondary N) is 1. The minimum atomic E-state index is -0.491. The molecule has 132 valence electrons. The second-order valence-corrected chi connectivity index (χ2v) is 6.44. The van der Waals surface area contributed by atoms with Gasteiger partial charge < -0.3 is 19.5 Å². The SMILES string of the molecule is COC(=O)c1c(-c2ccc(OC)cc2)csc1NC(=O)C1CCCO1. The first-order valence-electron chi connectivity index (χ1n) is 7.90. The van der Waals surface area contributed by atoms with E-state index in [2.05, 4.69) is 5.32 Å². The summed E-state index contributed by atoms with van der Waals surface area (Å²) in [7, 11) is 2.92. The van der Waals surface area contributed by atoms with Gasteiger partial charge in [-0.1, -0.05) is 12.1 Å². The number of anilines is 1. The van der Waals surface area contributed by atoms with Crippen LogP contribution in [0.1, 0.15) is 23.2 Å². The first-order valence-corrected chi connectivity index (χ1v) is 8.78. The highest BCUT2D eigenvalue weighted by Crippen LogP contribution is 2.37. The molecule has 0 saturated carbocycles. The van der Waals surface area contributed by atoms with Crippen LogP contribution in [-0.4, -0.2) is 38.8 Å². The van der Waals surface area contributed by atoms with Crippen LogP contribution in [0.5, 0.6) is 5.75 Å². The lowest BCUT2D eigenvalue weighted by Gasteiger charge is -2.11. The predicted octanol–water partition coefficient (Wildman–Crippen LogP) is 3.33. The van der Waals surface area contributed by atoms with Crippen LogP contribution >= 0.6 is 11.3 Å². The van der Waals surface area contributed by atoms with Crippen molar-refractivity contribution in [3.8, 4) is 16.9 Å². The summed E-state index contributed by atoms with van der Waals surface area (Å²) in [4.78, 5) is 24.6. The average Bonchev–Trinajstić information content (AvgIpc) is 3.31. The highest BCUT2D eigenvalue weighted by atomic mass is 32.1. The molecule has 0 radical (unpaired) electrons. The number of hydrogen-bond donors (Lipinski definition) is 1. The Labute approximate surface area is 149 Å². The summed E-state index contributed by atoms with van der Waals surface area (Å²) in [5.74, 6) is 0.00555. The number of carbonyl (C=O) groups is 2. The van der Waals surface area contributed by atoms with Crippen LogP contribution in [-0.2, 0) is 14.3 Å². The predicted molar refractivity (Wildman–Crippen MR) is 95.3 cm³/mol. The van der Waals surface area contributed by atoms with Crippen LogP contribution in [0.15, 0.2) is 29.6 Å². The molecular weight excluding hydrogens is 342 g/mol. The standard InChI is InChI=1S/C18H19NO5S/c1-22-12-7-5-11(6-8-12)13-10-25-17(15(13)18(21)23-2)19-16(20)14-4-3-9-24-14/h5-8,10,14H,3-4,9H2,1-2H3,(H,19,20). The van der Waals surface area contributed by atoms with Gasteiger partial charge in [0.2, 0.25) is 0 Å². The maximum absolute atomic E-state index is 12.3. The Morgan fingerprint density at radius 1 is 1.24 bits per heavy atom. The number of thiophene rings is 1. The molecule has 1 saturated heterocycles. The number of esters is 1. The van der Waals surface area contributed by atoms with Gasteiger partial charge in [0.25, 0.3) is 5.91 Å². The molecule has 7 heteroatoms. The second-order valence-electron chi connectivity index (χ2n) is 5.56. The van der Waals surface area contributed by atoms with Crippen LogP contribution in [0.25, 0.3) is 11.1 Å². The van der Waals surface area contributed by atoms with Crippen molar-refractivity contribution < 1.29 is 23.8 Å². The van der Waals surface area contributed by atoms with Crippen LogP contribution in [0.2, 0.25) is 0 Å². The highest BCUT2D eigenvalue weighted by Gasteiger charge is 2.27. The molecule has 0 bridgehead atoms. The molecule has 1 aromatic heterocycles. The molecular formula is C18H19NO5S.